The number of oxazole rings is 1. The van der Waals surface area contributed by atoms with E-state index >= 15 is 0 Å². The van der Waals surface area contributed by atoms with Crippen molar-refractivity contribution >= 4 is 5.97 Å². The third kappa shape index (κ3) is 4.07. The van der Waals surface area contributed by atoms with Crippen LogP contribution in [0.25, 0.3) is 11.5 Å². The molecular weight excluding hydrogens is 318 g/mol. The van der Waals surface area contributed by atoms with Gasteiger partial charge in [-0.05, 0) is 43.7 Å². The lowest BCUT2D eigenvalue weighted by Crippen LogP contribution is -2.06. The van der Waals surface area contributed by atoms with Crippen molar-refractivity contribution in [3.63, 3.8) is 0 Å². The van der Waals surface area contributed by atoms with Crippen molar-refractivity contribution in [2.45, 2.75) is 20.5 Å². The van der Waals surface area contributed by atoms with E-state index in [9.17, 15) is 4.79 Å². The number of nitrogens with zero attached hydrogens (tertiary/aromatic N) is 1. The van der Waals surface area contributed by atoms with Gasteiger partial charge in [-0.15, -0.1) is 0 Å². The molecule has 0 spiro atoms. The molecule has 0 unspecified atom stereocenters. The van der Waals surface area contributed by atoms with Crippen molar-refractivity contribution < 1.29 is 18.7 Å². The fraction of sp³-hybridized carbons (Fsp3) is 0.200. The number of aryl methyl sites for hydroxylation is 1. The molecule has 25 heavy (non-hydrogen) atoms. The van der Waals surface area contributed by atoms with E-state index in [1.165, 1.54) is 0 Å². The summed E-state index contributed by atoms with van der Waals surface area (Å²) in [6, 6.07) is 17.4. The third-order valence-corrected chi connectivity index (χ3v) is 3.61. The van der Waals surface area contributed by atoms with Crippen molar-refractivity contribution in [3.8, 4) is 17.2 Å². The van der Waals surface area contributed by atoms with Gasteiger partial charge in [-0.1, -0.05) is 30.3 Å². The minimum absolute atomic E-state index is 0.209. The molecule has 0 aliphatic rings. The summed E-state index contributed by atoms with van der Waals surface area (Å²) in [7, 11) is 0. The van der Waals surface area contributed by atoms with Crippen molar-refractivity contribution in [1.29, 1.82) is 0 Å². The molecule has 0 amide bonds. The number of hydrogen-bond acceptors (Lipinski definition) is 5. The molecule has 0 aliphatic heterocycles. The van der Waals surface area contributed by atoms with Gasteiger partial charge < -0.3 is 13.9 Å². The Labute approximate surface area is 146 Å². The van der Waals surface area contributed by atoms with E-state index in [0.29, 0.717) is 24.9 Å². The van der Waals surface area contributed by atoms with Crippen LogP contribution in [0, 0.1) is 6.92 Å². The molecule has 3 aromatic rings. The van der Waals surface area contributed by atoms with E-state index in [2.05, 4.69) is 4.98 Å². The Morgan fingerprint density at radius 2 is 1.80 bits per heavy atom. The SMILES string of the molecule is CCOC(=O)c1nc(-c2ccc(OCc3ccccc3)cc2)oc1C. The zero-order chi connectivity index (χ0) is 17.6. The van der Waals surface area contributed by atoms with Gasteiger partial charge in [0.25, 0.3) is 0 Å². The van der Waals surface area contributed by atoms with Crippen LogP contribution in [-0.2, 0) is 11.3 Å². The highest BCUT2D eigenvalue weighted by Gasteiger charge is 2.19. The summed E-state index contributed by atoms with van der Waals surface area (Å²) in [6.45, 7) is 4.25. The first-order valence-electron chi connectivity index (χ1n) is 8.09. The van der Waals surface area contributed by atoms with Gasteiger partial charge in [-0.3, -0.25) is 0 Å². The van der Waals surface area contributed by atoms with Gasteiger partial charge in [0.15, 0.2) is 5.69 Å². The van der Waals surface area contributed by atoms with Crippen molar-refractivity contribution in [1.82, 2.24) is 4.98 Å². The minimum Gasteiger partial charge on any atom is -0.489 e. The summed E-state index contributed by atoms with van der Waals surface area (Å²) in [4.78, 5) is 16.1. The van der Waals surface area contributed by atoms with Crippen LogP contribution in [0.5, 0.6) is 5.75 Å². The second-order valence-corrected chi connectivity index (χ2v) is 5.44. The van der Waals surface area contributed by atoms with E-state index in [1.807, 2.05) is 54.6 Å². The van der Waals surface area contributed by atoms with Gasteiger partial charge in [0, 0.05) is 5.56 Å². The zero-order valence-electron chi connectivity index (χ0n) is 14.2. The molecule has 0 saturated carbocycles. The molecule has 0 fully saturated rings. The predicted molar refractivity (Wildman–Crippen MR) is 93.4 cm³/mol. The number of esters is 1. The third-order valence-electron chi connectivity index (χ3n) is 3.61. The Bertz CT molecular complexity index is 838. The Hall–Kier alpha value is -3.08. The Morgan fingerprint density at radius 3 is 2.48 bits per heavy atom. The summed E-state index contributed by atoms with van der Waals surface area (Å²) in [6.07, 6.45) is 0. The predicted octanol–water partition coefficient (Wildman–Crippen LogP) is 4.41. The molecule has 1 aromatic heterocycles. The van der Waals surface area contributed by atoms with Crippen molar-refractivity contribution in [2.24, 2.45) is 0 Å². The first-order valence-corrected chi connectivity index (χ1v) is 8.09. The van der Waals surface area contributed by atoms with Crippen LogP contribution in [0.1, 0.15) is 28.7 Å². The fourth-order valence-electron chi connectivity index (χ4n) is 2.34. The summed E-state index contributed by atoms with van der Waals surface area (Å²) < 4.78 is 16.3. The van der Waals surface area contributed by atoms with Crippen LogP contribution < -0.4 is 4.74 Å². The lowest BCUT2D eigenvalue weighted by molar-refractivity contribution is 0.0518. The second kappa shape index (κ2) is 7.66. The molecule has 2 aromatic carbocycles. The molecule has 0 bridgehead atoms. The molecule has 5 heteroatoms. The van der Waals surface area contributed by atoms with E-state index < -0.39 is 5.97 Å². The number of rotatable bonds is 6. The van der Waals surface area contributed by atoms with E-state index in [-0.39, 0.29) is 5.69 Å². The van der Waals surface area contributed by atoms with Gasteiger partial charge >= 0.3 is 5.97 Å². The summed E-state index contributed by atoms with van der Waals surface area (Å²) in [5.41, 5.74) is 2.08. The van der Waals surface area contributed by atoms with Gasteiger partial charge in [0.2, 0.25) is 5.89 Å². The number of ether oxygens (including phenoxy) is 2. The zero-order valence-corrected chi connectivity index (χ0v) is 14.2. The summed E-state index contributed by atoms with van der Waals surface area (Å²) in [5.74, 6) is 1.10. The lowest BCUT2D eigenvalue weighted by atomic mass is 10.2. The van der Waals surface area contributed by atoms with Gasteiger partial charge in [-0.2, -0.15) is 0 Å². The highest BCUT2D eigenvalue weighted by atomic mass is 16.5. The summed E-state index contributed by atoms with van der Waals surface area (Å²) >= 11 is 0. The topological polar surface area (TPSA) is 61.6 Å². The molecule has 0 atom stereocenters. The molecule has 0 N–H and O–H groups in total. The quantitative estimate of drug-likeness (QED) is 0.624. The monoisotopic (exact) mass is 337 g/mol. The number of aromatic nitrogens is 1. The molecule has 0 radical (unpaired) electrons. The largest absolute Gasteiger partial charge is 0.489 e. The van der Waals surface area contributed by atoms with E-state index in [1.54, 1.807) is 13.8 Å². The normalized spacial score (nSPS) is 10.5. The highest BCUT2D eigenvalue weighted by molar-refractivity contribution is 5.88. The maximum atomic E-state index is 11.8. The Balaban J connectivity index is 1.70. The van der Waals surface area contributed by atoms with E-state index in [0.717, 1.165) is 16.9 Å². The standard InChI is InChI=1S/C20H19NO4/c1-3-23-20(22)18-14(2)25-19(21-18)16-9-11-17(12-10-16)24-13-15-7-5-4-6-8-15/h4-12H,3,13H2,1-2H3. The Kier molecular flexibility index (Phi) is 5.14. The molecule has 5 nitrogen and oxygen atoms in total. The smallest absolute Gasteiger partial charge is 0.360 e. The van der Waals surface area contributed by atoms with Crippen LogP contribution in [0.15, 0.2) is 59.0 Å². The van der Waals surface area contributed by atoms with Crippen LogP contribution in [0.2, 0.25) is 0 Å². The maximum Gasteiger partial charge on any atom is 0.360 e. The number of carbonyl (C=O) groups excluding carboxylic acids is 1. The van der Waals surface area contributed by atoms with Crippen molar-refractivity contribution in [2.75, 3.05) is 6.61 Å². The van der Waals surface area contributed by atoms with Crippen LogP contribution in [-0.4, -0.2) is 17.6 Å². The number of hydrogen-bond donors (Lipinski definition) is 0. The lowest BCUT2D eigenvalue weighted by Gasteiger charge is -2.06. The van der Waals surface area contributed by atoms with Crippen LogP contribution in [0.3, 0.4) is 0 Å². The van der Waals surface area contributed by atoms with Crippen LogP contribution in [0.4, 0.5) is 0 Å². The first-order chi connectivity index (χ1) is 12.2. The molecular formula is C20H19NO4. The van der Waals surface area contributed by atoms with Crippen molar-refractivity contribution in [3.05, 3.63) is 71.6 Å². The van der Waals surface area contributed by atoms with Gasteiger partial charge in [-0.25, -0.2) is 9.78 Å². The van der Waals surface area contributed by atoms with Gasteiger partial charge in [0.05, 0.1) is 6.61 Å². The first kappa shape index (κ1) is 16.8. The molecule has 128 valence electrons. The number of carbonyl (C=O) groups is 1. The summed E-state index contributed by atoms with van der Waals surface area (Å²) in [5, 5.41) is 0. The second-order valence-electron chi connectivity index (χ2n) is 5.44. The van der Waals surface area contributed by atoms with Gasteiger partial charge in [0.1, 0.15) is 18.1 Å². The van der Waals surface area contributed by atoms with E-state index in [4.69, 9.17) is 13.9 Å². The molecule has 1 heterocycles. The number of benzene rings is 2. The minimum atomic E-state index is -0.474. The highest BCUT2D eigenvalue weighted by Crippen LogP contribution is 2.24. The maximum absolute atomic E-state index is 11.8. The average Bonchev–Trinajstić information content (AvgIpc) is 3.03. The van der Waals surface area contributed by atoms with Crippen LogP contribution >= 0.6 is 0 Å². The Morgan fingerprint density at radius 1 is 1.08 bits per heavy atom. The molecule has 0 aliphatic carbocycles. The molecule has 0 saturated heterocycles. The molecule has 3 rings (SSSR count). The fourth-order valence-corrected chi connectivity index (χ4v) is 2.34. The average molecular weight is 337 g/mol.